The smallest absolute Gasteiger partial charge is 0.263 e. The van der Waals surface area contributed by atoms with Crippen LogP contribution in [0.4, 0.5) is 0 Å². The Bertz CT molecular complexity index is 844. The normalized spacial score (nSPS) is 11.0. The number of nitrogens with one attached hydrogen (secondary N) is 1. The van der Waals surface area contributed by atoms with Crippen LogP contribution in [0, 0.1) is 26.2 Å². The van der Waals surface area contributed by atoms with Crippen molar-refractivity contribution >= 4 is 39.2 Å². The molecule has 0 aliphatic heterocycles. The number of rotatable bonds is 5. The molecule has 0 spiro atoms. The van der Waals surface area contributed by atoms with Gasteiger partial charge in [-0.1, -0.05) is 17.7 Å². The van der Waals surface area contributed by atoms with Gasteiger partial charge in [0.2, 0.25) is 5.91 Å². The molecule has 23 heavy (non-hydrogen) atoms. The number of aryl methyl sites for hydroxylation is 2. The van der Waals surface area contributed by atoms with Crippen LogP contribution >= 0.6 is 23.1 Å². The summed E-state index contributed by atoms with van der Waals surface area (Å²) in [5.74, 6) is 2.36. The van der Waals surface area contributed by atoms with Crippen molar-refractivity contribution in [2.45, 2.75) is 38.9 Å². The molecule has 0 fully saturated rings. The van der Waals surface area contributed by atoms with Gasteiger partial charge >= 0.3 is 0 Å². The third kappa shape index (κ3) is 3.59. The molecule has 2 heterocycles. The number of fused-ring (bicyclic) bond motifs is 1. The maximum Gasteiger partial charge on any atom is 0.263 e. The Hall–Kier alpha value is -1.78. The maximum atomic E-state index is 12.8. The van der Waals surface area contributed by atoms with Gasteiger partial charge in [-0.25, -0.2) is 4.98 Å². The minimum Gasteiger partial charge on any atom is -0.344 e. The summed E-state index contributed by atoms with van der Waals surface area (Å²) in [7, 11) is 0. The van der Waals surface area contributed by atoms with Gasteiger partial charge in [0.25, 0.3) is 5.56 Å². The fourth-order valence-electron chi connectivity index (χ4n) is 2.18. The van der Waals surface area contributed by atoms with Gasteiger partial charge in [0.15, 0.2) is 5.16 Å². The molecule has 5 nitrogen and oxygen atoms in total. The predicted octanol–water partition coefficient (Wildman–Crippen LogP) is 2.50. The Balaban J connectivity index is 2.43. The average molecular weight is 349 g/mol. The lowest BCUT2D eigenvalue weighted by Gasteiger charge is -2.15. The second-order valence-corrected chi connectivity index (χ2v) is 7.54. The fraction of sp³-hybridized carbons (Fsp3) is 0.438. The van der Waals surface area contributed by atoms with Gasteiger partial charge in [-0.2, -0.15) is 0 Å². The molecule has 2 rings (SSSR count). The van der Waals surface area contributed by atoms with Crippen LogP contribution in [-0.4, -0.2) is 27.8 Å². The van der Waals surface area contributed by atoms with Gasteiger partial charge in [0.05, 0.1) is 17.7 Å². The zero-order chi connectivity index (χ0) is 17.1. The molecular formula is C16H19N3O2S2. The van der Waals surface area contributed by atoms with Crippen molar-refractivity contribution in [2.24, 2.45) is 0 Å². The molecule has 0 unspecified atom stereocenters. The monoisotopic (exact) mass is 349 g/mol. The summed E-state index contributed by atoms with van der Waals surface area (Å²) in [6.07, 6.45) is 5.12. The molecule has 0 aliphatic rings. The minimum atomic E-state index is -0.170. The average Bonchev–Trinajstić information content (AvgIpc) is 2.77. The van der Waals surface area contributed by atoms with Crippen molar-refractivity contribution in [2.75, 3.05) is 12.3 Å². The Kier molecular flexibility index (Phi) is 5.50. The lowest BCUT2D eigenvalue weighted by molar-refractivity contribution is -0.118. The zero-order valence-electron chi connectivity index (χ0n) is 13.6. The quantitative estimate of drug-likeness (QED) is 0.512. The van der Waals surface area contributed by atoms with E-state index in [1.807, 2.05) is 27.7 Å². The Morgan fingerprint density at radius 1 is 1.48 bits per heavy atom. The number of thiophene rings is 1. The number of hydrogen-bond donors (Lipinski definition) is 1. The van der Waals surface area contributed by atoms with E-state index in [0.717, 1.165) is 15.3 Å². The first-order valence-electron chi connectivity index (χ1n) is 7.22. The van der Waals surface area contributed by atoms with E-state index in [2.05, 4.69) is 16.2 Å². The molecule has 0 aliphatic carbocycles. The molecule has 122 valence electrons. The van der Waals surface area contributed by atoms with Crippen LogP contribution in [0.5, 0.6) is 0 Å². The molecule has 0 radical (unpaired) electrons. The highest BCUT2D eigenvalue weighted by Gasteiger charge is 2.18. The number of terminal acetylenes is 1. The van der Waals surface area contributed by atoms with Crippen molar-refractivity contribution in [1.82, 2.24) is 14.9 Å². The van der Waals surface area contributed by atoms with Crippen molar-refractivity contribution < 1.29 is 4.79 Å². The lowest BCUT2D eigenvalue weighted by atomic mass is 10.2. The molecule has 0 saturated carbocycles. The van der Waals surface area contributed by atoms with E-state index in [0.29, 0.717) is 10.5 Å². The van der Waals surface area contributed by atoms with E-state index in [1.54, 1.807) is 4.57 Å². The van der Waals surface area contributed by atoms with Gasteiger partial charge in [0, 0.05) is 10.9 Å². The topological polar surface area (TPSA) is 64.0 Å². The van der Waals surface area contributed by atoms with Crippen LogP contribution in [0.2, 0.25) is 0 Å². The van der Waals surface area contributed by atoms with Crippen LogP contribution in [0.15, 0.2) is 9.95 Å². The molecule has 0 aromatic carbocycles. The van der Waals surface area contributed by atoms with Crippen LogP contribution < -0.4 is 10.9 Å². The SMILES string of the molecule is C#CCNC(=O)CSc1nc2sc(C)c(C)c2c(=O)n1C(C)C. The summed E-state index contributed by atoms with van der Waals surface area (Å²) in [5, 5.41) is 3.86. The maximum absolute atomic E-state index is 12.8. The van der Waals surface area contributed by atoms with Crippen LogP contribution in [0.3, 0.4) is 0 Å². The molecule has 1 N–H and O–H groups in total. The van der Waals surface area contributed by atoms with Crippen LogP contribution in [-0.2, 0) is 4.79 Å². The third-order valence-electron chi connectivity index (χ3n) is 3.44. The standard InChI is InChI=1S/C16H19N3O2S2/c1-6-7-17-12(20)8-22-16-18-14-13(10(4)11(5)23-14)15(21)19(16)9(2)3/h1,9H,7-8H2,2-5H3,(H,17,20). The Morgan fingerprint density at radius 3 is 2.78 bits per heavy atom. The number of carbonyl (C=O) groups excluding carboxylic acids is 1. The number of nitrogens with zero attached hydrogens (tertiary/aromatic N) is 2. The van der Waals surface area contributed by atoms with E-state index in [9.17, 15) is 9.59 Å². The van der Waals surface area contributed by atoms with E-state index < -0.39 is 0 Å². The van der Waals surface area contributed by atoms with E-state index >= 15 is 0 Å². The van der Waals surface area contributed by atoms with Gasteiger partial charge in [0.1, 0.15) is 4.83 Å². The number of aromatic nitrogens is 2. The third-order valence-corrected chi connectivity index (χ3v) is 5.49. The highest BCUT2D eigenvalue weighted by molar-refractivity contribution is 7.99. The number of amides is 1. The molecule has 2 aromatic rings. The van der Waals surface area contributed by atoms with E-state index in [-0.39, 0.29) is 29.8 Å². The highest BCUT2D eigenvalue weighted by atomic mass is 32.2. The minimum absolute atomic E-state index is 0.0322. The van der Waals surface area contributed by atoms with E-state index in [1.165, 1.54) is 23.1 Å². The summed E-state index contributed by atoms with van der Waals surface area (Å²) in [4.78, 5) is 31.0. The fourth-order valence-corrected chi connectivity index (χ4v) is 4.20. The summed E-state index contributed by atoms with van der Waals surface area (Å²) >= 11 is 2.77. The molecule has 0 atom stereocenters. The summed E-state index contributed by atoms with van der Waals surface area (Å²) < 4.78 is 1.65. The van der Waals surface area contributed by atoms with Gasteiger partial charge in [-0.05, 0) is 33.3 Å². The summed E-state index contributed by atoms with van der Waals surface area (Å²) in [6.45, 7) is 8.01. The van der Waals surface area contributed by atoms with Gasteiger partial charge < -0.3 is 5.32 Å². The molecule has 2 aromatic heterocycles. The van der Waals surface area contributed by atoms with Crippen molar-refractivity contribution in [3.8, 4) is 12.3 Å². The van der Waals surface area contributed by atoms with Gasteiger partial charge in [-0.3, -0.25) is 14.2 Å². The second kappa shape index (κ2) is 7.20. The number of thioether (sulfide) groups is 1. The first kappa shape index (κ1) is 17.6. The molecular weight excluding hydrogens is 330 g/mol. The Morgan fingerprint density at radius 2 is 2.17 bits per heavy atom. The first-order valence-corrected chi connectivity index (χ1v) is 9.02. The predicted molar refractivity (Wildman–Crippen MR) is 96.3 cm³/mol. The largest absolute Gasteiger partial charge is 0.344 e. The molecule has 7 heteroatoms. The molecule has 0 saturated heterocycles. The van der Waals surface area contributed by atoms with E-state index in [4.69, 9.17) is 6.42 Å². The summed E-state index contributed by atoms with van der Waals surface area (Å²) in [6, 6.07) is -0.0322. The second-order valence-electron chi connectivity index (χ2n) is 5.40. The van der Waals surface area contributed by atoms with Gasteiger partial charge in [-0.15, -0.1) is 17.8 Å². The number of hydrogen-bond acceptors (Lipinski definition) is 5. The zero-order valence-corrected chi connectivity index (χ0v) is 15.2. The van der Waals surface area contributed by atoms with Crippen molar-refractivity contribution in [3.63, 3.8) is 0 Å². The summed E-state index contributed by atoms with van der Waals surface area (Å²) in [5.41, 5.74) is 0.943. The van der Waals surface area contributed by atoms with Crippen LogP contribution in [0.25, 0.3) is 10.2 Å². The number of carbonyl (C=O) groups is 1. The van der Waals surface area contributed by atoms with Crippen LogP contribution in [0.1, 0.15) is 30.3 Å². The Labute approximate surface area is 143 Å². The lowest BCUT2D eigenvalue weighted by Crippen LogP contribution is -2.27. The highest BCUT2D eigenvalue weighted by Crippen LogP contribution is 2.29. The molecule has 0 bridgehead atoms. The first-order chi connectivity index (χ1) is 10.9. The van der Waals surface area contributed by atoms with Crippen molar-refractivity contribution in [1.29, 1.82) is 0 Å². The molecule has 1 amide bonds. The van der Waals surface area contributed by atoms with Crippen molar-refractivity contribution in [3.05, 3.63) is 20.8 Å².